The monoisotopic (exact) mass is 256 g/mol. The van der Waals surface area contributed by atoms with Crippen molar-refractivity contribution >= 4 is 5.69 Å². The second kappa shape index (κ2) is 5.03. The van der Waals surface area contributed by atoms with Gasteiger partial charge in [0.15, 0.2) is 5.82 Å². The van der Waals surface area contributed by atoms with E-state index in [0.717, 1.165) is 42.8 Å². The van der Waals surface area contributed by atoms with E-state index < -0.39 is 0 Å². The van der Waals surface area contributed by atoms with Crippen LogP contribution in [0.1, 0.15) is 30.6 Å². The highest BCUT2D eigenvalue weighted by Crippen LogP contribution is 2.20. The van der Waals surface area contributed by atoms with E-state index >= 15 is 0 Å². The highest BCUT2D eigenvalue weighted by Gasteiger charge is 2.19. The molecule has 1 atom stereocenters. The average molecular weight is 256 g/mol. The summed E-state index contributed by atoms with van der Waals surface area (Å²) in [5, 5.41) is 12.0. The summed E-state index contributed by atoms with van der Waals surface area (Å²) in [4.78, 5) is 0. The molecule has 1 aromatic heterocycles. The van der Waals surface area contributed by atoms with Gasteiger partial charge in [-0.3, -0.25) is 0 Å². The summed E-state index contributed by atoms with van der Waals surface area (Å²) in [6.07, 6.45) is 2.28. The number of aryl methyl sites for hydroxylation is 1. The third-order valence-electron chi connectivity index (χ3n) is 3.78. The molecule has 2 heterocycles. The number of hydrogen-bond acceptors (Lipinski definition) is 3. The Morgan fingerprint density at radius 3 is 2.84 bits per heavy atom. The molecule has 0 radical (unpaired) electrons. The van der Waals surface area contributed by atoms with Gasteiger partial charge >= 0.3 is 0 Å². The third-order valence-corrected chi connectivity index (χ3v) is 3.78. The van der Waals surface area contributed by atoms with E-state index in [-0.39, 0.29) is 0 Å². The summed E-state index contributed by atoms with van der Waals surface area (Å²) >= 11 is 0. The molecule has 100 valence electrons. The van der Waals surface area contributed by atoms with Crippen LogP contribution in [0.2, 0.25) is 0 Å². The highest BCUT2D eigenvalue weighted by atomic mass is 15.3. The zero-order valence-electron chi connectivity index (χ0n) is 11.6. The number of nitrogens with one attached hydrogen (secondary N) is 1. The molecular weight excluding hydrogens is 236 g/mol. The van der Waals surface area contributed by atoms with Crippen LogP contribution in [0.3, 0.4) is 0 Å². The molecule has 4 nitrogen and oxygen atoms in total. The Kier molecular flexibility index (Phi) is 3.23. The summed E-state index contributed by atoms with van der Waals surface area (Å²) in [6.45, 7) is 6.17. The van der Waals surface area contributed by atoms with Gasteiger partial charge in [0.25, 0.3) is 0 Å². The topological polar surface area (TPSA) is 42.7 Å². The van der Waals surface area contributed by atoms with Gasteiger partial charge in [-0.15, -0.1) is 10.2 Å². The largest absolute Gasteiger partial charge is 0.378 e. The minimum atomic E-state index is 0.731. The van der Waals surface area contributed by atoms with E-state index in [4.69, 9.17) is 0 Å². The van der Waals surface area contributed by atoms with E-state index in [1.807, 2.05) is 0 Å². The maximum absolute atomic E-state index is 4.32. The molecule has 3 rings (SSSR count). The number of hydrogen-bond donors (Lipinski definition) is 1. The van der Waals surface area contributed by atoms with E-state index in [2.05, 4.69) is 58.2 Å². The normalized spacial score (nSPS) is 18.1. The summed E-state index contributed by atoms with van der Waals surface area (Å²) in [5.41, 5.74) is 2.41. The molecule has 0 saturated carbocycles. The molecule has 0 bridgehead atoms. The standard InChI is InChI=1S/C15H20N4/c1-11-3-5-13(6-4-11)16-10-15-18-17-14-9-12(2)7-8-19(14)15/h3-6,12,16H,7-10H2,1-2H3. The molecule has 0 fully saturated rings. The van der Waals surface area contributed by atoms with Crippen LogP contribution in [0.5, 0.6) is 0 Å². The Hall–Kier alpha value is -1.84. The highest BCUT2D eigenvalue weighted by molar-refractivity contribution is 5.44. The molecule has 4 heteroatoms. The van der Waals surface area contributed by atoms with Gasteiger partial charge in [0.2, 0.25) is 0 Å². The van der Waals surface area contributed by atoms with Gasteiger partial charge in [-0.1, -0.05) is 24.6 Å². The second-order valence-corrected chi connectivity index (χ2v) is 5.50. The zero-order chi connectivity index (χ0) is 13.2. The van der Waals surface area contributed by atoms with Gasteiger partial charge in [0.05, 0.1) is 6.54 Å². The van der Waals surface area contributed by atoms with Crippen LogP contribution in [0.4, 0.5) is 5.69 Å². The molecule has 1 aliphatic rings. The summed E-state index contributed by atoms with van der Waals surface area (Å²) < 4.78 is 2.27. The Morgan fingerprint density at radius 2 is 2.05 bits per heavy atom. The first-order chi connectivity index (χ1) is 9.22. The molecule has 0 aliphatic carbocycles. The Bertz CT molecular complexity index is 556. The Labute approximate surface area is 113 Å². The van der Waals surface area contributed by atoms with Crippen LogP contribution in [0.25, 0.3) is 0 Å². The fourth-order valence-electron chi connectivity index (χ4n) is 2.53. The van der Waals surface area contributed by atoms with Crippen LogP contribution < -0.4 is 5.32 Å². The predicted molar refractivity (Wildman–Crippen MR) is 76.0 cm³/mol. The molecule has 0 saturated heterocycles. The van der Waals surface area contributed by atoms with Crippen molar-refractivity contribution in [3.8, 4) is 0 Å². The number of rotatable bonds is 3. The second-order valence-electron chi connectivity index (χ2n) is 5.50. The number of aromatic nitrogens is 3. The summed E-state index contributed by atoms with van der Waals surface area (Å²) in [7, 11) is 0. The molecule has 1 aromatic carbocycles. The van der Waals surface area contributed by atoms with E-state index in [9.17, 15) is 0 Å². The third kappa shape index (κ3) is 2.62. The molecule has 0 amide bonds. The Balaban J connectivity index is 1.69. The van der Waals surface area contributed by atoms with Crippen molar-refractivity contribution < 1.29 is 0 Å². The maximum Gasteiger partial charge on any atom is 0.152 e. The fourth-order valence-corrected chi connectivity index (χ4v) is 2.53. The molecule has 0 spiro atoms. The van der Waals surface area contributed by atoms with E-state index in [1.165, 1.54) is 12.0 Å². The number of benzene rings is 1. The quantitative estimate of drug-likeness (QED) is 0.918. The number of nitrogens with zero attached hydrogens (tertiary/aromatic N) is 3. The predicted octanol–water partition coefficient (Wildman–Crippen LogP) is 2.78. The molecular formula is C15H20N4. The van der Waals surface area contributed by atoms with Crippen molar-refractivity contribution in [3.05, 3.63) is 41.5 Å². The van der Waals surface area contributed by atoms with Crippen molar-refractivity contribution in [2.75, 3.05) is 5.32 Å². The van der Waals surface area contributed by atoms with Gasteiger partial charge in [0.1, 0.15) is 5.82 Å². The SMILES string of the molecule is Cc1ccc(NCc2nnc3n2CCC(C)C3)cc1. The van der Waals surface area contributed by atoms with Crippen LogP contribution in [-0.2, 0) is 19.5 Å². The van der Waals surface area contributed by atoms with E-state index in [1.54, 1.807) is 0 Å². The van der Waals surface area contributed by atoms with Gasteiger partial charge < -0.3 is 9.88 Å². The molecule has 1 N–H and O–H groups in total. The van der Waals surface area contributed by atoms with Crippen molar-refractivity contribution in [2.24, 2.45) is 5.92 Å². The molecule has 1 aliphatic heterocycles. The van der Waals surface area contributed by atoms with Gasteiger partial charge in [-0.05, 0) is 31.4 Å². The first kappa shape index (κ1) is 12.2. The van der Waals surface area contributed by atoms with Gasteiger partial charge in [-0.2, -0.15) is 0 Å². The minimum Gasteiger partial charge on any atom is -0.378 e. The maximum atomic E-state index is 4.32. The van der Waals surface area contributed by atoms with Crippen molar-refractivity contribution in [3.63, 3.8) is 0 Å². The first-order valence-electron chi connectivity index (χ1n) is 6.94. The summed E-state index contributed by atoms with van der Waals surface area (Å²) in [6, 6.07) is 8.43. The van der Waals surface area contributed by atoms with Gasteiger partial charge in [0, 0.05) is 18.7 Å². The number of fused-ring (bicyclic) bond motifs is 1. The molecule has 2 aromatic rings. The van der Waals surface area contributed by atoms with Crippen molar-refractivity contribution in [1.29, 1.82) is 0 Å². The lowest BCUT2D eigenvalue weighted by Crippen LogP contribution is -2.20. The van der Waals surface area contributed by atoms with Crippen molar-refractivity contribution in [2.45, 2.75) is 39.8 Å². The fraction of sp³-hybridized carbons (Fsp3) is 0.467. The lowest BCUT2D eigenvalue weighted by atomic mass is 10.0. The molecule has 19 heavy (non-hydrogen) atoms. The smallest absolute Gasteiger partial charge is 0.152 e. The minimum absolute atomic E-state index is 0.731. The van der Waals surface area contributed by atoms with Crippen molar-refractivity contribution in [1.82, 2.24) is 14.8 Å². The lowest BCUT2D eigenvalue weighted by Gasteiger charge is -2.20. The Morgan fingerprint density at radius 1 is 1.26 bits per heavy atom. The van der Waals surface area contributed by atoms with Crippen LogP contribution in [0.15, 0.2) is 24.3 Å². The zero-order valence-corrected chi connectivity index (χ0v) is 11.6. The van der Waals surface area contributed by atoms with Gasteiger partial charge in [-0.25, -0.2) is 0 Å². The summed E-state index contributed by atoms with van der Waals surface area (Å²) in [5.74, 6) is 2.91. The lowest BCUT2D eigenvalue weighted by molar-refractivity contribution is 0.403. The van der Waals surface area contributed by atoms with E-state index in [0.29, 0.717) is 0 Å². The van der Waals surface area contributed by atoms with Crippen LogP contribution >= 0.6 is 0 Å². The van der Waals surface area contributed by atoms with Crippen LogP contribution in [0, 0.1) is 12.8 Å². The number of anilines is 1. The average Bonchev–Trinajstić information content (AvgIpc) is 2.80. The van der Waals surface area contributed by atoms with Crippen LogP contribution in [-0.4, -0.2) is 14.8 Å². The first-order valence-corrected chi connectivity index (χ1v) is 6.94. The molecule has 1 unspecified atom stereocenters.